The van der Waals surface area contributed by atoms with Gasteiger partial charge in [0.15, 0.2) is 0 Å². The van der Waals surface area contributed by atoms with Crippen molar-refractivity contribution in [2.24, 2.45) is 5.73 Å². The van der Waals surface area contributed by atoms with Gasteiger partial charge in [0, 0.05) is 29.0 Å². The molecule has 110 valence electrons. The Balaban J connectivity index is 2.17. The van der Waals surface area contributed by atoms with Gasteiger partial charge in [-0.25, -0.2) is 0 Å². The van der Waals surface area contributed by atoms with Crippen LogP contribution in [0.25, 0.3) is 0 Å². The summed E-state index contributed by atoms with van der Waals surface area (Å²) >= 11 is 0. The topological polar surface area (TPSA) is 90.4 Å². The molecule has 2 rings (SSSR count). The van der Waals surface area contributed by atoms with Crippen molar-refractivity contribution >= 4 is 17.3 Å². The van der Waals surface area contributed by atoms with Gasteiger partial charge in [-0.15, -0.1) is 0 Å². The number of anilines is 2. The van der Waals surface area contributed by atoms with E-state index in [9.17, 15) is 4.79 Å². The summed E-state index contributed by atoms with van der Waals surface area (Å²) in [6.07, 6.45) is 0. The monoisotopic (exact) mass is 285 g/mol. The van der Waals surface area contributed by atoms with E-state index in [0.29, 0.717) is 17.8 Å². The highest BCUT2D eigenvalue weighted by atomic mass is 16.5. The van der Waals surface area contributed by atoms with Crippen molar-refractivity contribution in [3.05, 3.63) is 53.1 Å². The first-order valence-electron chi connectivity index (χ1n) is 6.58. The summed E-state index contributed by atoms with van der Waals surface area (Å²) in [5.74, 6) is 0.352. The summed E-state index contributed by atoms with van der Waals surface area (Å²) in [5, 5.41) is 3.31. The third-order valence-electron chi connectivity index (χ3n) is 3.28. The van der Waals surface area contributed by atoms with Crippen LogP contribution in [0.5, 0.6) is 5.75 Å². The predicted molar refractivity (Wildman–Crippen MR) is 84.4 cm³/mol. The van der Waals surface area contributed by atoms with Crippen LogP contribution < -0.4 is 21.5 Å². The molecular formula is C16H19N3O2. The van der Waals surface area contributed by atoms with Gasteiger partial charge in [-0.3, -0.25) is 4.79 Å². The van der Waals surface area contributed by atoms with Crippen LogP contribution in [0.15, 0.2) is 36.4 Å². The van der Waals surface area contributed by atoms with Crippen molar-refractivity contribution in [1.82, 2.24) is 0 Å². The summed E-state index contributed by atoms with van der Waals surface area (Å²) in [6, 6.07) is 10.8. The van der Waals surface area contributed by atoms with Gasteiger partial charge in [0.1, 0.15) is 5.75 Å². The third kappa shape index (κ3) is 3.45. The number of amides is 1. The molecule has 2 aromatic carbocycles. The van der Waals surface area contributed by atoms with Crippen LogP contribution >= 0.6 is 0 Å². The van der Waals surface area contributed by atoms with Crippen LogP contribution in [0.3, 0.4) is 0 Å². The zero-order valence-corrected chi connectivity index (χ0v) is 12.1. The molecule has 0 saturated heterocycles. The number of hydrogen-bond acceptors (Lipinski definition) is 4. The van der Waals surface area contributed by atoms with Gasteiger partial charge in [-0.05, 0) is 48.9 Å². The highest BCUT2D eigenvalue weighted by Crippen LogP contribution is 2.23. The first kappa shape index (κ1) is 14.7. The third-order valence-corrected chi connectivity index (χ3v) is 3.28. The molecule has 21 heavy (non-hydrogen) atoms. The molecule has 0 aromatic heterocycles. The average molecular weight is 285 g/mol. The van der Waals surface area contributed by atoms with Gasteiger partial charge >= 0.3 is 0 Å². The van der Waals surface area contributed by atoms with Gasteiger partial charge in [0.2, 0.25) is 5.91 Å². The molecule has 0 bridgehead atoms. The molecule has 0 aliphatic heterocycles. The molecule has 5 N–H and O–H groups in total. The Morgan fingerprint density at radius 3 is 2.62 bits per heavy atom. The Kier molecular flexibility index (Phi) is 4.33. The number of primary amides is 1. The Morgan fingerprint density at radius 1 is 1.24 bits per heavy atom. The van der Waals surface area contributed by atoms with Crippen LogP contribution in [0, 0.1) is 6.92 Å². The van der Waals surface area contributed by atoms with Gasteiger partial charge < -0.3 is 21.5 Å². The van der Waals surface area contributed by atoms with E-state index in [0.717, 1.165) is 22.6 Å². The zero-order chi connectivity index (χ0) is 15.4. The lowest BCUT2D eigenvalue weighted by Gasteiger charge is -2.13. The molecular weight excluding hydrogens is 266 g/mol. The number of rotatable bonds is 5. The van der Waals surface area contributed by atoms with Crippen LogP contribution in [0.4, 0.5) is 11.4 Å². The molecule has 5 nitrogen and oxygen atoms in total. The molecule has 0 aliphatic rings. The van der Waals surface area contributed by atoms with Crippen molar-refractivity contribution in [1.29, 1.82) is 0 Å². The van der Waals surface area contributed by atoms with E-state index in [1.165, 1.54) is 0 Å². The molecule has 1 amide bonds. The smallest absolute Gasteiger partial charge is 0.248 e. The number of nitrogen functional groups attached to an aromatic ring is 1. The summed E-state index contributed by atoms with van der Waals surface area (Å²) in [5.41, 5.74) is 15.1. The molecule has 0 heterocycles. The maximum atomic E-state index is 11.1. The number of methoxy groups -OCH3 is 1. The predicted octanol–water partition coefficient (Wildman–Crippen LogP) is 2.30. The van der Waals surface area contributed by atoms with Crippen LogP contribution in [-0.2, 0) is 6.54 Å². The van der Waals surface area contributed by atoms with E-state index in [2.05, 4.69) is 5.32 Å². The van der Waals surface area contributed by atoms with Crippen molar-refractivity contribution in [3.63, 3.8) is 0 Å². The zero-order valence-electron chi connectivity index (χ0n) is 12.1. The first-order valence-corrected chi connectivity index (χ1v) is 6.58. The number of carbonyl (C=O) groups is 1. The molecule has 0 fully saturated rings. The normalized spacial score (nSPS) is 10.2. The fourth-order valence-electron chi connectivity index (χ4n) is 2.14. The van der Waals surface area contributed by atoms with Gasteiger partial charge in [0.05, 0.1) is 7.11 Å². The molecule has 2 aromatic rings. The second-order valence-corrected chi connectivity index (χ2v) is 4.82. The first-order chi connectivity index (χ1) is 10.0. The number of hydrogen-bond donors (Lipinski definition) is 3. The van der Waals surface area contributed by atoms with Crippen molar-refractivity contribution in [3.8, 4) is 5.75 Å². The summed E-state index contributed by atoms with van der Waals surface area (Å²) in [7, 11) is 1.63. The summed E-state index contributed by atoms with van der Waals surface area (Å²) in [6.45, 7) is 2.50. The minimum Gasteiger partial charge on any atom is -0.496 e. The number of nitrogens with one attached hydrogen (secondary N) is 1. The molecule has 0 atom stereocenters. The summed E-state index contributed by atoms with van der Waals surface area (Å²) < 4.78 is 5.31. The second-order valence-electron chi connectivity index (χ2n) is 4.82. The van der Waals surface area contributed by atoms with Crippen molar-refractivity contribution < 1.29 is 9.53 Å². The van der Waals surface area contributed by atoms with Gasteiger partial charge in [-0.2, -0.15) is 0 Å². The second kappa shape index (κ2) is 6.17. The SMILES string of the molecule is COc1ccc(N)cc1CNc1ccc(C(N)=O)cc1C. The fourth-order valence-corrected chi connectivity index (χ4v) is 2.14. The fraction of sp³-hybridized carbons (Fsp3) is 0.188. The highest BCUT2D eigenvalue weighted by molar-refractivity contribution is 5.93. The Labute approximate surface area is 123 Å². The molecule has 0 saturated carbocycles. The highest BCUT2D eigenvalue weighted by Gasteiger charge is 2.06. The Bertz CT molecular complexity index is 669. The molecule has 0 spiro atoms. The molecule has 0 aliphatic carbocycles. The van der Waals surface area contributed by atoms with E-state index in [4.69, 9.17) is 16.2 Å². The Morgan fingerprint density at radius 2 is 2.00 bits per heavy atom. The lowest BCUT2D eigenvalue weighted by atomic mass is 10.1. The number of ether oxygens (including phenoxy) is 1. The minimum atomic E-state index is -0.429. The van der Waals surface area contributed by atoms with Gasteiger partial charge in [-0.1, -0.05) is 0 Å². The molecule has 0 unspecified atom stereocenters. The summed E-state index contributed by atoms with van der Waals surface area (Å²) in [4.78, 5) is 11.1. The standard InChI is InChI=1S/C16H19N3O2/c1-10-7-11(16(18)20)3-5-14(10)19-9-12-8-13(17)4-6-15(12)21-2/h3-8,19H,9,17H2,1-2H3,(H2,18,20). The van der Waals surface area contributed by atoms with E-state index >= 15 is 0 Å². The van der Waals surface area contributed by atoms with E-state index in [1.54, 1.807) is 25.3 Å². The van der Waals surface area contributed by atoms with Crippen molar-refractivity contribution in [2.45, 2.75) is 13.5 Å². The number of benzene rings is 2. The maximum absolute atomic E-state index is 11.1. The largest absolute Gasteiger partial charge is 0.496 e. The average Bonchev–Trinajstić information content (AvgIpc) is 2.46. The van der Waals surface area contributed by atoms with Crippen molar-refractivity contribution in [2.75, 3.05) is 18.2 Å². The van der Waals surface area contributed by atoms with E-state index < -0.39 is 5.91 Å². The lowest BCUT2D eigenvalue weighted by molar-refractivity contribution is 0.1000. The van der Waals surface area contributed by atoms with E-state index in [1.807, 2.05) is 25.1 Å². The number of nitrogens with two attached hydrogens (primary N) is 2. The van der Waals surface area contributed by atoms with Crippen LogP contribution in [-0.4, -0.2) is 13.0 Å². The number of aryl methyl sites for hydroxylation is 1. The lowest BCUT2D eigenvalue weighted by Crippen LogP contribution is -2.11. The van der Waals surface area contributed by atoms with E-state index in [-0.39, 0.29) is 0 Å². The van der Waals surface area contributed by atoms with Crippen LogP contribution in [0.1, 0.15) is 21.5 Å². The number of carbonyl (C=O) groups excluding carboxylic acids is 1. The van der Waals surface area contributed by atoms with Gasteiger partial charge in [0.25, 0.3) is 0 Å². The van der Waals surface area contributed by atoms with Crippen LogP contribution in [0.2, 0.25) is 0 Å². The maximum Gasteiger partial charge on any atom is 0.248 e. The Hall–Kier alpha value is -2.69. The molecule has 5 heteroatoms. The minimum absolute atomic E-state index is 0.429. The molecule has 0 radical (unpaired) electrons. The quantitative estimate of drug-likeness (QED) is 0.735.